The highest BCUT2D eigenvalue weighted by molar-refractivity contribution is 5.91. The Morgan fingerprint density at radius 1 is 1.08 bits per heavy atom. The minimum Gasteiger partial charge on any atom is -0.459 e. The summed E-state index contributed by atoms with van der Waals surface area (Å²) < 4.78 is 7.32. The van der Waals surface area contributed by atoms with E-state index in [-0.39, 0.29) is 11.9 Å². The molecule has 0 saturated heterocycles. The molecule has 26 heavy (non-hydrogen) atoms. The number of fused-ring (bicyclic) bond motifs is 1. The molecule has 0 bridgehead atoms. The Kier molecular flexibility index (Phi) is 4.27. The molecule has 5 nitrogen and oxygen atoms in total. The summed E-state index contributed by atoms with van der Waals surface area (Å²) >= 11 is 0. The second-order valence-corrected chi connectivity index (χ2v) is 6.13. The molecule has 4 aromatic rings. The molecule has 1 N–H and O–H groups in total. The number of rotatable bonds is 5. The van der Waals surface area contributed by atoms with E-state index in [1.807, 2.05) is 36.4 Å². The number of carbonyl (C=O) groups is 1. The van der Waals surface area contributed by atoms with Gasteiger partial charge in [0.2, 0.25) is 0 Å². The molecular formula is C21H19N3O2. The highest BCUT2D eigenvalue weighted by atomic mass is 16.3. The van der Waals surface area contributed by atoms with Crippen molar-refractivity contribution in [3.05, 3.63) is 90.1 Å². The lowest BCUT2D eigenvalue weighted by atomic mass is 10.1. The number of para-hydroxylation sites is 2. The van der Waals surface area contributed by atoms with Gasteiger partial charge in [0.1, 0.15) is 5.82 Å². The van der Waals surface area contributed by atoms with Crippen molar-refractivity contribution >= 4 is 16.9 Å². The molecule has 1 amide bonds. The quantitative estimate of drug-likeness (QED) is 0.590. The smallest absolute Gasteiger partial charge is 0.287 e. The second-order valence-electron chi connectivity index (χ2n) is 6.13. The molecule has 0 saturated carbocycles. The van der Waals surface area contributed by atoms with E-state index < -0.39 is 0 Å². The van der Waals surface area contributed by atoms with Crippen LogP contribution in [0.4, 0.5) is 0 Å². The molecular weight excluding hydrogens is 326 g/mol. The van der Waals surface area contributed by atoms with Crippen molar-refractivity contribution in [2.24, 2.45) is 0 Å². The van der Waals surface area contributed by atoms with Crippen molar-refractivity contribution in [2.45, 2.75) is 19.5 Å². The Labute approximate surface area is 151 Å². The minimum absolute atomic E-state index is 0.0964. The van der Waals surface area contributed by atoms with Crippen LogP contribution >= 0.6 is 0 Å². The van der Waals surface area contributed by atoms with Crippen LogP contribution in [-0.4, -0.2) is 15.5 Å². The summed E-state index contributed by atoms with van der Waals surface area (Å²) in [5.74, 6) is 0.854. The van der Waals surface area contributed by atoms with Gasteiger partial charge < -0.3 is 14.3 Å². The first-order valence-electron chi connectivity index (χ1n) is 8.56. The highest BCUT2D eigenvalue weighted by Gasteiger charge is 2.18. The third-order valence-corrected chi connectivity index (χ3v) is 4.49. The van der Waals surface area contributed by atoms with Gasteiger partial charge in [0.15, 0.2) is 5.76 Å². The summed E-state index contributed by atoms with van der Waals surface area (Å²) in [6.45, 7) is 2.46. The van der Waals surface area contributed by atoms with Crippen LogP contribution in [0.1, 0.15) is 34.9 Å². The third-order valence-electron chi connectivity index (χ3n) is 4.49. The van der Waals surface area contributed by atoms with Crippen molar-refractivity contribution in [2.75, 3.05) is 0 Å². The van der Waals surface area contributed by atoms with Gasteiger partial charge in [0.05, 0.1) is 29.9 Å². The van der Waals surface area contributed by atoms with Gasteiger partial charge in [-0.1, -0.05) is 42.5 Å². The number of hydrogen-bond acceptors (Lipinski definition) is 3. The van der Waals surface area contributed by atoms with Crippen LogP contribution in [0.25, 0.3) is 11.0 Å². The number of nitrogens with one attached hydrogen (secondary N) is 1. The third kappa shape index (κ3) is 2.99. The summed E-state index contributed by atoms with van der Waals surface area (Å²) in [6, 6.07) is 21.7. The van der Waals surface area contributed by atoms with E-state index >= 15 is 0 Å². The minimum atomic E-state index is -0.249. The fourth-order valence-corrected chi connectivity index (χ4v) is 3.19. The van der Waals surface area contributed by atoms with Gasteiger partial charge in [-0.15, -0.1) is 0 Å². The maximum absolute atomic E-state index is 12.2. The molecule has 0 aliphatic carbocycles. The Balaban J connectivity index is 1.69. The van der Waals surface area contributed by atoms with Gasteiger partial charge in [-0.25, -0.2) is 4.98 Å². The number of furan rings is 1. The molecule has 1 atom stereocenters. The predicted octanol–water partition coefficient (Wildman–Crippen LogP) is 4.17. The van der Waals surface area contributed by atoms with Crippen molar-refractivity contribution in [3.63, 3.8) is 0 Å². The fourth-order valence-electron chi connectivity index (χ4n) is 3.19. The van der Waals surface area contributed by atoms with Crippen LogP contribution < -0.4 is 5.32 Å². The van der Waals surface area contributed by atoms with Crippen molar-refractivity contribution in [1.29, 1.82) is 0 Å². The lowest BCUT2D eigenvalue weighted by Gasteiger charge is -2.18. The Morgan fingerprint density at radius 3 is 2.62 bits per heavy atom. The van der Waals surface area contributed by atoms with E-state index in [9.17, 15) is 4.79 Å². The Bertz CT molecular complexity index is 1020. The first kappa shape index (κ1) is 16.1. The van der Waals surface area contributed by atoms with E-state index in [0.29, 0.717) is 12.3 Å². The van der Waals surface area contributed by atoms with Crippen molar-refractivity contribution in [1.82, 2.24) is 14.9 Å². The number of amides is 1. The number of imidazole rings is 1. The second kappa shape index (κ2) is 6.88. The van der Waals surface area contributed by atoms with Gasteiger partial charge >= 0.3 is 0 Å². The van der Waals surface area contributed by atoms with E-state index in [1.165, 1.54) is 11.8 Å². The molecule has 4 rings (SSSR count). The molecule has 2 aromatic heterocycles. The summed E-state index contributed by atoms with van der Waals surface area (Å²) in [4.78, 5) is 16.9. The highest BCUT2D eigenvalue weighted by Crippen LogP contribution is 2.26. The maximum atomic E-state index is 12.2. The average Bonchev–Trinajstić information content (AvgIpc) is 3.34. The van der Waals surface area contributed by atoms with Crippen LogP contribution in [0, 0.1) is 0 Å². The van der Waals surface area contributed by atoms with Gasteiger partial charge in [-0.05, 0) is 36.8 Å². The standard InChI is InChI=1S/C21H19N3O2/c1-15(16-8-3-2-4-9-16)24-18-11-6-5-10-17(18)23-20(24)14-22-21(25)19-12-7-13-26-19/h2-13,15H,14H2,1H3,(H,22,25). The van der Waals surface area contributed by atoms with Gasteiger partial charge in [0.25, 0.3) is 5.91 Å². The van der Waals surface area contributed by atoms with E-state index in [1.54, 1.807) is 12.1 Å². The van der Waals surface area contributed by atoms with Crippen LogP contribution in [-0.2, 0) is 6.54 Å². The molecule has 0 aliphatic heterocycles. The largest absolute Gasteiger partial charge is 0.459 e. The number of carbonyl (C=O) groups excluding carboxylic acids is 1. The number of aromatic nitrogens is 2. The molecule has 2 heterocycles. The monoisotopic (exact) mass is 345 g/mol. The van der Waals surface area contributed by atoms with E-state index in [2.05, 4.69) is 35.0 Å². The zero-order chi connectivity index (χ0) is 17.9. The van der Waals surface area contributed by atoms with Gasteiger partial charge in [-0.3, -0.25) is 4.79 Å². The van der Waals surface area contributed by atoms with Crippen LogP contribution in [0.15, 0.2) is 77.4 Å². The first-order chi connectivity index (χ1) is 12.7. The molecule has 0 aliphatic rings. The van der Waals surface area contributed by atoms with Crippen LogP contribution in [0.5, 0.6) is 0 Å². The number of benzene rings is 2. The SMILES string of the molecule is CC(c1ccccc1)n1c(CNC(=O)c2ccco2)nc2ccccc21. The zero-order valence-electron chi connectivity index (χ0n) is 14.4. The Hall–Kier alpha value is -3.34. The normalized spacial score (nSPS) is 12.2. The fraction of sp³-hybridized carbons (Fsp3) is 0.143. The lowest BCUT2D eigenvalue weighted by Crippen LogP contribution is -2.25. The molecule has 0 spiro atoms. The molecule has 0 radical (unpaired) electrons. The summed E-state index contributed by atoms with van der Waals surface area (Å²) in [7, 11) is 0. The van der Waals surface area contributed by atoms with E-state index in [4.69, 9.17) is 9.40 Å². The first-order valence-corrected chi connectivity index (χ1v) is 8.56. The predicted molar refractivity (Wildman–Crippen MR) is 99.9 cm³/mol. The summed E-state index contributed by atoms with van der Waals surface area (Å²) in [5.41, 5.74) is 3.15. The maximum Gasteiger partial charge on any atom is 0.287 e. The molecule has 2 aromatic carbocycles. The lowest BCUT2D eigenvalue weighted by molar-refractivity contribution is 0.0921. The number of nitrogens with zero attached hydrogens (tertiary/aromatic N) is 2. The molecule has 0 fully saturated rings. The van der Waals surface area contributed by atoms with Crippen LogP contribution in [0.2, 0.25) is 0 Å². The summed E-state index contributed by atoms with van der Waals surface area (Å²) in [5, 5.41) is 2.89. The van der Waals surface area contributed by atoms with Gasteiger partial charge in [-0.2, -0.15) is 0 Å². The van der Waals surface area contributed by atoms with Crippen LogP contribution in [0.3, 0.4) is 0 Å². The average molecular weight is 345 g/mol. The Morgan fingerprint density at radius 2 is 1.85 bits per heavy atom. The van der Waals surface area contributed by atoms with Crippen molar-refractivity contribution in [3.8, 4) is 0 Å². The van der Waals surface area contributed by atoms with Gasteiger partial charge in [0, 0.05) is 0 Å². The molecule has 130 valence electrons. The van der Waals surface area contributed by atoms with Crippen molar-refractivity contribution < 1.29 is 9.21 Å². The van der Waals surface area contributed by atoms with E-state index in [0.717, 1.165) is 16.9 Å². The topological polar surface area (TPSA) is 60.1 Å². The zero-order valence-corrected chi connectivity index (χ0v) is 14.4. The summed E-state index contributed by atoms with van der Waals surface area (Å²) in [6.07, 6.45) is 1.49. The molecule has 5 heteroatoms. The molecule has 1 unspecified atom stereocenters. The number of hydrogen-bond donors (Lipinski definition) is 1.